The zero-order chi connectivity index (χ0) is 13.0. The van der Waals surface area contributed by atoms with Crippen LogP contribution in [0.25, 0.3) is 0 Å². The predicted octanol–water partition coefficient (Wildman–Crippen LogP) is 2.50. The molecular formula is C15H23NO2. The summed E-state index contributed by atoms with van der Waals surface area (Å²) in [7, 11) is 0. The van der Waals surface area contributed by atoms with Crippen LogP contribution in [0.3, 0.4) is 0 Å². The van der Waals surface area contributed by atoms with Crippen LogP contribution in [0.2, 0.25) is 0 Å². The van der Waals surface area contributed by atoms with Crippen molar-refractivity contribution in [2.75, 3.05) is 19.8 Å². The number of rotatable bonds is 5. The molecule has 0 spiro atoms. The Kier molecular flexibility index (Phi) is 4.75. The minimum Gasteiger partial charge on any atom is -0.377 e. The van der Waals surface area contributed by atoms with Gasteiger partial charge in [-0.25, -0.2) is 0 Å². The third-order valence-electron chi connectivity index (χ3n) is 3.46. The normalized spacial score (nSPS) is 21.2. The Morgan fingerprint density at radius 2 is 2.28 bits per heavy atom. The largest absolute Gasteiger partial charge is 0.377 e. The van der Waals surface area contributed by atoms with E-state index in [1.807, 2.05) is 0 Å². The van der Waals surface area contributed by atoms with Crippen LogP contribution in [-0.2, 0) is 9.47 Å². The van der Waals surface area contributed by atoms with Crippen molar-refractivity contribution in [3.63, 3.8) is 0 Å². The van der Waals surface area contributed by atoms with Gasteiger partial charge in [-0.1, -0.05) is 23.8 Å². The highest BCUT2D eigenvalue weighted by molar-refractivity contribution is 5.32. The van der Waals surface area contributed by atoms with Gasteiger partial charge in [0.2, 0.25) is 0 Å². The van der Waals surface area contributed by atoms with E-state index in [2.05, 4.69) is 32.0 Å². The quantitative estimate of drug-likeness (QED) is 0.872. The highest BCUT2D eigenvalue weighted by atomic mass is 16.5. The molecule has 2 unspecified atom stereocenters. The van der Waals surface area contributed by atoms with Crippen molar-refractivity contribution in [2.45, 2.75) is 38.8 Å². The second kappa shape index (κ2) is 6.32. The molecule has 0 aliphatic carbocycles. The predicted molar refractivity (Wildman–Crippen MR) is 72.6 cm³/mol. The zero-order valence-electron chi connectivity index (χ0n) is 11.3. The summed E-state index contributed by atoms with van der Waals surface area (Å²) in [6.45, 7) is 6.28. The smallest absolute Gasteiger partial charge is 0.0809 e. The summed E-state index contributed by atoms with van der Waals surface area (Å²) in [6, 6.07) is 6.32. The van der Waals surface area contributed by atoms with Crippen LogP contribution >= 0.6 is 0 Å². The molecular weight excluding hydrogens is 226 g/mol. The van der Waals surface area contributed by atoms with Crippen molar-refractivity contribution in [1.29, 1.82) is 0 Å². The summed E-state index contributed by atoms with van der Waals surface area (Å²) in [5.41, 5.74) is 9.84. The lowest BCUT2D eigenvalue weighted by molar-refractivity contribution is 0.0129. The molecule has 100 valence electrons. The van der Waals surface area contributed by atoms with E-state index in [0.29, 0.717) is 13.2 Å². The summed E-state index contributed by atoms with van der Waals surface area (Å²) < 4.78 is 11.2. The minimum absolute atomic E-state index is 0.0497. The van der Waals surface area contributed by atoms with Crippen molar-refractivity contribution in [1.82, 2.24) is 0 Å². The molecule has 3 heteroatoms. The first kappa shape index (κ1) is 13.5. The standard InChI is InChI=1S/C15H23NO2/c1-11-5-6-12(2)14(8-11)15(16)10-17-9-13-4-3-7-18-13/h5-6,8,13,15H,3-4,7,9-10,16H2,1-2H3. The fourth-order valence-corrected chi connectivity index (χ4v) is 2.35. The van der Waals surface area contributed by atoms with Gasteiger partial charge in [-0.3, -0.25) is 0 Å². The van der Waals surface area contributed by atoms with Crippen molar-refractivity contribution in [2.24, 2.45) is 5.73 Å². The van der Waals surface area contributed by atoms with Gasteiger partial charge in [0, 0.05) is 6.61 Å². The van der Waals surface area contributed by atoms with E-state index in [9.17, 15) is 0 Å². The maximum atomic E-state index is 6.18. The second-order valence-electron chi connectivity index (χ2n) is 5.14. The maximum Gasteiger partial charge on any atom is 0.0809 e. The number of ether oxygens (including phenoxy) is 2. The third kappa shape index (κ3) is 3.55. The number of nitrogens with two attached hydrogens (primary N) is 1. The second-order valence-corrected chi connectivity index (χ2v) is 5.14. The van der Waals surface area contributed by atoms with Crippen LogP contribution < -0.4 is 5.73 Å². The molecule has 0 aromatic heterocycles. The Bertz CT molecular complexity index is 386. The fourth-order valence-electron chi connectivity index (χ4n) is 2.35. The number of hydrogen-bond acceptors (Lipinski definition) is 3. The molecule has 1 heterocycles. The van der Waals surface area contributed by atoms with E-state index in [4.69, 9.17) is 15.2 Å². The lowest BCUT2D eigenvalue weighted by Crippen LogP contribution is -2.22. The third-order valence-corrected chi connectivity index (χ3v) is 3.46. The first-order chi connectivity index (χ1) is 8.66. The highest BCUT2D eigenvalue weighted by Gasteiger charge is 2.16. The molecule has 1 fully saturated rings. The fraction of sp³-hybridized carbons (Fsp3) is 0.600. The molecule has 0 radical (unpaired) electrons. The van der Waals surface area contributed by atoms with E-state index >= 15 is 0 Å². The van der Waals surface area contributed by atoms with Gasteiger partial charge in [0.1, 0.15) is 0 Å². The molecule has 3 nitrogen and oxygen atoms in total. The molecule has 2 atom stereocenters. The molecule has 2 rings (SSSR count). The number of hydrogen-bond donors (Lipinski definition) is 1. The maximum absolute atomic E-state index is 6.18. The van der Waals surface area contributed by atoms with Gasteiger partial charge in [0.05, 0.1) is 25.4 Å². The molecule has 1 aromatic carbocycles. The van der Waals surface area contributed by atoms with Crippen molar-refractivity contribution in [3.8, 4) is 0 Å². The van der Waals surface area contributed by atoms with Gasteiger partial charge in [-0.2, -0.15) is 0 Å². The number of aryl methyl sites for hydroxylation is 2. The molecule has 1 aromatic rings. The van der Waals surface area contributed by atoms with Gasteiger partial charge < -0.3 is 15.2 Å². The van der Waals surface area contributed by atoms with Crippen LogP contribution in [0, 0.1) is 13.8 Å². The van der Waals surface area contributed by atoms with Gasteiger partial charge in [-0.15, -0.1) is 0 Å². The zero-order valence-corrected chi connectivity index (χ0v) is 11.3. The Morgan fingerprint density at radius 1 is 1.44 bits per heavy atom. The van der Waals surface area contributed by atoms with E-state index in [0.717, 1.165) is 19.4 Å². The molecule has 18 heavy (non-hydrogen) atoms. The molecule has 1 saturated heterocycles. The molecule has 0 amide bonds. The van der Waals surface area contributed by atoms with Crippen LogP contribution in [0.4, 0.5) is 0 Å². The molecule has 2 N–H and O–H groups in total. The SMILES string of the molecule is Cc1ccc(C)c(C(N)COCC2CCCO2)c1. The Morgan fingerprint density at radius 3 is 3.00 bits per heavy atom. The average molecular weight is 249 g/mol. The molecule has 1 aliphatic heterocycles. The van der Waals surface area contributed by atoms with Crippen molar-refractivity contribution in [3.05, 3.63) is 34.9 Å². The Hall–Kier alpha value is -0.900. The van der Waals surface area contributed by atoms with E-state index in [1.165, 1.54) is 16.7 Å². The Balaban J connectivity index is 1.83. The molecule has 0 saturated carbocycles. The first-order valence-corrected chi connectivity index (χ1v) is 6.69. The highest BCUT2D eigenvalue weighted by Crippen LogP contribution is 2.18. The number of benzene rings is 1. The monoisotopic (exact) mass is 249 g/mol. The van der Waals surface area contributed by atoms with Gasteiger partial charge >= 0.3 is 0 Å². The summed E-state index contributed by atoms with van der Waals surface area (Å²) in [4.78, 5) is 0. The van der Waals surface area contributed by atoms with Crippen molar-refractivity contribution < 1.29 is 9.47 Å². The van der Waals surface area contributed by atoms with E-state index < -0.39 is 0 Å². The van der Waals surface area contributed by atoms with E-state index in [1.54, 1.807) is 0 Å². The van der Waals surface area contributed by atoms with Gasteiger partial charge in [-0.05, 0) is 37.8 Å². The van der Waals surface area contributed by atoms with Gasteiger partial charge in [0.25, 0.3) is 0 Å². The average Bonchev–Trinajstić information content (AvgIpc) is 2.85. The van der Waals surface area contributed by atoms with Gasteiger partial charge in [0.15, 0.2) is 0 Å². The Labute approximate surface area is 109 Å². The summed E-state index contributed by atoms with van der Waals surface area (Å²) in [5, 5.41) is 0. The first-order valence-electron chi connectivity index (χ1n) is 6.69. The summed E-state index contributed by atoms with van der Waals surface area (Å²) >= 11 is 0. The lowest BCUT2D eigenvalue weighted by Gasteiger charge is -2.17. The molecule has 1 aliphatic rings. The summed E-state index contributed by atoms with van der Waals surface area (Å²) in [5.74, 6) is 0. The minimum atomic E-state index is -0.0497. The van der Waals surface area contributed by atoms with Crippen molar-refractivity contribution >= 4 is 0 Å². The van der Waals surface area contributed by atoms with Crippen LogP contribution in [0.15, 0.2) is 18.2 Å². The van der Waals surface area contributed by atoms with E-state index in [-0.39, 0.29) is 12.1 Å². The van der Waals surface area contributed by atoms with Crippen LogP contribution in [0.1, 0.15) is 35.6 Å². The molecule has 0 bridgehead atoms. The topological polar surface area (TPSA) is 44.5 Å². The van der Waals surface area contributed by atoms with Crippen LogP contribution in [-0.4, -0.2) is 25.9 Å². The lowest BCUT2D eigenvalue weighted by atomic mass is 10.00. The van der Waals surface area contributed by atoms with Crippen LogP contribution in [0.5, 0.6) is 0 Å². The summed E-state index contributed by atoms with van der Waals surface area (Å²) in [6.07, 6.45) is 2.53.